The average molecular weight is 219 g/mol. The number of aromatic nitrogens is 3. The number of nitrogens with one attached hydrogen (secondary N) is 1. The van der Waals surface area contributed by atoms with Crippen molar-refractivity contribution in [3.05, 3.63) is 30.0 Å². The quantitative estimate of drug-likeness (QED) is 0.821. The number of H-pyrrole nitrogens is 1. The van der Waals surface area contributed by atoms with E-state index in [4.69, 9.17) is 4.74 Å². The Morgan fingerprint density at radius 2 is 1.94 bits per heavy atom. The molecule has 2 rings (SSSR count). The van der Waals surface area contributed by atoms with Crippen LogP contribution in [0.3, 0.4) is 0 Å². The van der Waals surface area contributed by atoms with Crippen molar-refractivity contribution >= 4 is 0 Å². The highest BCUT2D eigenvalue weighted by atomic mass is 16.5. The highest BCUT2D eigenvalue weighted by Crippen LogP contribution is 2.25. The predicted molar refractivity (Wildman–Crippen MR) is 59.0 cm³/mol. The number of methoxy groups -OCH3 is 1. The van der Waals surface area contributed by atoms with E-state index in [0.717, 1.165) is 11.3 Å². The van der Waals surface area contributed by atoms with Crippen molar-refractivity contribution in [1.29, 1.82) is 0 Å². The normalized spacial score (nSPS) is 12.4. The minimum atomic E-state index is -0.643. The van der Waals surface area contributed by atoms with Crippen LogP contribution in [0.5, 0.6) is 5.75 Å². The van der Waals surface area contributed by atoms with Crippen molar-refractivity contribution in [3.8, 4) is 17.0 Å². The van der Waals surface area contributed by atoms with Crippen molar-refractivity contribution in [1.82, 2.24) is 15.4 Å². The molecule has 1 aromatic carbocycles. The second-order valence-corrected chi connectivity index (χ2v) is 3.46. The van der Waals surface area contributed by atoms with Crippen LogP contribution in [0.25, 0.3) is 11.3 Å². The molecule has 16 heavy (non-hydrogen) atoms. The summed E-state index contributed by atoms with van der Waals surface area (Å²) in [7, 11) is 1.62. The molecule has 0 saturated heterocycles. The average Bonchev–Trinajstić information content (AvgIpc) is 2.78. The number of aliphatic hydroxyl groups is 1. The van der Waals surface area contributed by atoms with E-state index in [9.17, 15) is 5.11 Å². The van der Waals surface area contributed by atoms with Crippen molar-refractivity contribution in [2.75, 3.05) is 7.11 Å². The number of benzene rings is 1. The summed E-state index contributed by atoms with van der Waals surface area (Å²) in [5.41, 5.74) is 2.10. The Balaban J connectivity index is 2.38. The van der Waals surface area contributed by atoms with Crippen LogP contribution in [-0.2, 0) is 0 Å². The van der Waals surface area contributed by atoms with Gasteiger partial charge in [-0.15, -0.1) is 0 Å². The first-order chi connectivity index (χ1) is 7.72. The third kappa shape index (κ3) is 1.90. The van der Waals surface area contributed by atoms with Crippen molar-refractivity contribution in [2.45, 2.75) is 13.0 Å². The van der Waals surface area contributed by atoms with Gasteiger partial charge in [-0.1, -0.05) is 0 Å². The van der Waals surface area contributed by atoms with Gasteiger partial charge in [-0.05, 0) is 31.2 Å². The highest BCUT2D eigenvalue weighted by molar-refractivity contribution is 5.62. The zero-order valence-corrected chi connectivity index (χ0v) is 9.14. The summed E-state index contributed by atoms with van der Waals surface area (Å²) in [6.45, 7) is 1.66. The van der Waals surface area contributed by atoms with E-state index in [1.165, 1.54) is 0 Å². The molecule has 1 aromatic heterocycles. The van der Waals surface area contributed by atoms with E-state index in [-0.39, 0.29) is 0 Å². The van der Waals surface area contributed by atoms with Gasteiger partial charge in [0, 0.05) is 5.56 Å². The number of nitrogens with zero attached hydrogens (tertiary/aromatic N) is 2. The summed E-state index contributed by atoms with van der Waals surface area (Å²) >= 11 is 0. The number of hydrogen-bond donors (Lipinski definition) is 2. The Kier molecular flexibility index (Phi) is 2.87. The van der Waals surface area contributed by atoms with Crippen LogP contribution in [0, 0.1) is 0 Å². The molecule has 0 aliphatic carbocycles. The number of ether oxygens (including phenoxy) is 1. The lowest BCUT2D eigenvalue weighted by atomic mass is 10.1. The molecule has 1 atom stereocenters. The minimum absolute atomic E-state index is 0.546. The molecule has 0 bridgehead atoms. The molecule has 0 fully saturated rings. The van der Waals surface area contributed by atoms with Crippen molar-refractivity contribution < 1.29 is 9.84 Å². The van der Waals surface area contributed by atoms with Crippen LogP contribution in [-0.4, -0.2) is 27.6 Å². The Morgan fingerprint density at radius 1 is 1.25 bits per heavy atom. The maximum Gasteiger partial charge on any atom is 0.119 e. The summed E-state index contributed by atoms with van der Waals surface area (Å²) < 4.78 is 5.07. The summed E-state index contributed by atoms with van der Waals surface area (Å²) in [4.78, 5) is 0. The molecule has 0 saturated carbocycles. The molecular formula is C11H13N3O2. The maximum absolute atomic E-state index is 9.51. The topological polar surface area (TPSA) is 71.0 Å². The molecule has 5 nitrogen and oxygen atoms in total. The first-order valence-corrected chi connectivity index (χ1v) is 4.95. The van der Waals surface area contributed by atoms with Crippen molar-refractivity contribution in [3.63, 3.8) is 0 Å². The van der Waals surface area contributed by atoms with Gasteiger partial charge in [-0.3, -0.25) is 0 Å². The lowest BCUT2D eigenvalue weighted by Gasteiger charge is -2.04. The molecule has 5 heteroatoms. The molecule has 0 aliphatic heterocycles. The molecule has 2 aromatic rings. The van der Waals surface area contributed by atoms with E-state index in [1.54, 1.807) is 14.0 Å². The van der Waals surface area contributed by atoms with Crippen LogP contribution in [0.2, 0.25) is 0 Å². The summed E-state index contributed by atoms with van der Waals surface area (Å²) in [6.07, 6.45) is -0.643. The summed E-state index contributed by atoms with van der Waals surface area (Å²) in [5, 5.41) is 20.0. The third-order valence-corrected chi connectivity index (χ3v) is 2.33. The zero-order valence-electron chi connectivity index (χ0n) is 9.14. The highest BCUT2D eigenvalue weighted by Gasteiger charge is 2.14. The molecule has 1 unspecified atom stereocenters. The Hall–Kier alpha value is -1.88. The Bertz CT molecular complexity index is 462. The van der Waals surface area contributed by atoms with E-state index < -0.39 is 6.10 Å². The molecule has 0 spiro atoms. The van der Waals surface area contributed by atoms with Gasteiger partial charge < -0.3 is 9.84 Å². The molecule has 1 heterocycles. The Morgan fingerprint density at radius 3 is 2.50 bits per heavy atom. The predicted octanol–water partition coefficient (Wildman–Crippen LogP) is 1.53. The summed E-state index contributed by atoms with van der Waals surface area (Å²) in [6, 6.07) is 7.44. The fourth-order valence-corrected chi connectivity index (χ4v) is 1.49. The van der Waals surface area contributed by atoms with Gasteiger partial charge in [0.05, 0.1) is 13.2 Å². The monoisotopic (exact) mass is 219 g/mol. The van der Waals surface area contributed by atoms with Crippen LogP contribution < -0.4 is 4.74 Å². The maximum atomic E-state index is 9.51. The molecular weight excluding hydrogens is 206 g/mol. The SMILES string of the molecule is COc1ccc(-c2n[nH]nc2C(C)O)cc1. The van der Waals surface area contributed by atoms with Crippen molar-refractivity contribution in [2.24, 2.45) is 0 Å². The molecule has 84 valence electrons. The smallest absolute Gasteiger partial charge is 0.119 e. The van der Waals surface area contributed by atoms with Gasteiger partial charge in [0.1, 0.15) is 17.1 Å². The van der Waals surface area contributed by atoms with Crippen LogP contribution in [0.4, 0.5) is 0 Å². The standard InChI is InChI=1S/C11H13N3O2/c1-7(15)10-11(13-14-12-10)8-3-5-9(16-2)6-4-8/h3-7,15H,1-2H3,(H,12,13,14). The first-order valence-electron chi connectivity index (χ1n) is 4.95. The molecule has 0 aliphatic rings. The number of aromatic amines is 1. The fraction of sp³-hybridized carbons (Fsp3) is 0.273. The number of hydrogen-bond acceptors (Lipinski definition) is 4. The van der Waals surface area contributed by atoms with Gasteiger partial charge in [0.25, 0.3) is 0 Å². The largest absolute Gasteiger partial charge is 0.497 e. The molecule has 0 radical (unpaired) electrons. The van der Waals surface area contributed by atoms with E-state index in [0.29, 0.717) is 11.4 Å². The number of rotatable bonds is 3. The lowest BCUT2D eigenvalue weighted by molar-refractivity contribution is 0.195. The fourth-order valence-electron chi connectivity index (χ4n) is 1.49. The van der Waals surface area contributed by atoms with E-state index in [2.05, 4.69) is 15.4 Å². The third-order valence-electron chi connectivity index (χ3n) is 2.33. The number of aliphatic hydroxyl groups excluding tert-OH is 1. The Labute approximate surface area is 93.1 Å². The second-order valence-electron chi connectivity index (χ2n) is 3.46. The van der Waals surface area contributed by atoms with Gasteiger partial charge in [0.15, 0.2) is 0 Å². The van der Waals surface area contributed by atoms with Gasteiger partial charge in [-0.2, -0.15) is 15.4 Å². The lowest BCUT2D eigenvalue weighted by Crippen LogP contribution is -1.94. The minimum Gasteiger partial charge on any atom is -0.497 e. The van der Waals surface area contributed by atoms with Gasteiger partial charge in [0.2, 0.25) is 0 Å². The van der Waals surface area contributed by atoms with Gasteiger partial charge in [-0.25, -0.2) is 0 Å². The van der Waals surface area contributed by atoms with Crippen LogP contribution in [0.1, 0.15) is 18.7 Å². The molecule has 0 amide bonds. The summed E-state index contributed by atoms with van der Waals surface area (Å²) in [5.74, 6) is 0.783. The zero-order chi connectivity index (χ0) is 11.5. The first kappa shape index (κ1) is 10.6. The van der Waals surface area contributed by atoms with Crippen LogP contribution in [0.15, 0.2) is 24.3 Å². The second kappa shape index (κ2) is 4.32. The molecule has 2 N–H and O–H groups in total. The van der Waals surface area contributed by atoms with E-state index in [1.807, 2.05) is 24.3 Å². The van der Waals surface area contributed by atoms with Gasteiger partial charge >= 0.3 is 0 Å². The van der Waals surface area contributed by atoms with E-state index >= 15 is 0 Å². The van der Waals surface area contributed by atoms with Crippen LogP contribution >= 0.6 is 0 Å².